The molecule has 0 saturated heterocycles. The van der Waals surface area contributed by atoms with Gasteiger partial charge in [-0.2, -0.15) is 0 Å². The van der Waals surface area contributed by atoms with Crippen LogP contribution < -0.4 is 14.8 Å². The highest BCUT2D eigenvalue weighted by molar-refractivity contribution is 9.10. The molecule has 0 bridgehead atoms. The Morgan fingerprint density at radius 1 is 1.20 bits per heavy atom. The number of hydrogen-bond donors (Lipinski definition) is 2. The van der Waals surface area contributed by atoms with Crippen LogP contribution in [-0.4, -0.2) is 18.2 Å². The molecule has 3 aromatic carbocycles. The van der Waals surface area contributed by atoms with E-state index in [1.807, 2.05) is 43.3 Å². The zero-order valence-electron chi connectivity index (χ0n) is 19.3. The number of carboxylic acid groups (broad SMARTS) is 1. The number of benzene rings is 3. The van der Waals surface area contributed by atoms with Gasteiger partial charge in [-0.05, 0) is 87.8 Å². The van der Waals surface area contributed by atoms with Crippen molar-refractivity contribution in [1.29, 1.82) is 0 Å². The van der Waals surface area contributed by atoms with Gasteiger partial charge in [-0.15, -0.1) is 0 Å². The Bertz CT molecular complexity index is 1320. The van der Waals surface area contributed by atoms with Crippen molar-refractivity contribution < 1.29 is 19.4 Å². The van der Waals surface area contributed by atoms with E-state index in [9.17, 15) is 9.90 Å². The molecule has 1 aliphatic carbocycles. The monoisotopic (exact) mass is 553 g/mol. The molecule has 0 aromatic heterocycles. The lowest BCUT2D eigenvalue weighted by molar-refractivity contribution is 0.0696. The van der Waals surface area contributed by atoms with Crippen molar-refractivity contribution in [2.75, 3.05) is 12.4 Å². The summed E-state index contributed by atoms with van der Waals surface area (Å²) in [7, 11) is 1.63. The van der Waals surface area contributed by atoms with E-state index in [0.29, 0.717) is 34.6 Å². The number of fused-ring (bicyclic) bond motifs is 3. The molecular weight excluding hydrogens is 530 g/mol. The third-order valence-corrected chi connectivity index (χ3v) is 7.78. The zero-order chi connectivity index (χ0) is 24.7. The molecule has 2 N–H and O–H groups in total. The first kappa shape index (κ1) is 23.8. The fourth-order valence-electron chi connectivity index (χ4n) is 5.17. The largest absolute Gasteiger partial charge is 0.493 e. The lowest BCUT2D eigenvalue weighted by Gasteiger charge is -2.39. The molecular formula is C28H25BrClNO4. The van der Waals surface area contributed by atoms with Crippen LogP contribution in [-0.2, 0) is 6.61 Å². The van der Waals surface area contributed by atoms with Gasteiger partial charge >= 0.3 is 5.97 Å². The minimum absolute atomic E-state index is 0.0132. The van der Waals surface area contributed by atoms with Gasteiger partial charge in [0, 0.05) is 16.6 Å². The normalized spacial score (nSPS) is 20.1. The molecule has 2 aliphatic rings. The van der Waals surface area contributed by atoms with Crippen molar-refractivity contribution in [3.63, 3.8) is 0 Å². The van der Waals surface area contributed by atoms with Crippen molar-refractivity contribution in [2.24, 2.45) is 5.92 Å². The van der Waals surface area contributed by atoms with E-state index in [1.54, 1.807) is 13.2 Å². The van der Waals surface area contributed by atoms with E-state index in [2.05, 4.69) is 39.5 Å². The molecule has 0 saturated carbocycles. The molecule has 35 heavy (non-hydrogen) atoms. The van der Waals surface area contributed by atoms with Crippen LogP contribution in [0.15, 0.2) is 65.2 Å². The van der Waals surface area contributed by atoms with Crippen molar-refractivity contribution in [1.82, 2.24) is 0 Å². The van der Waals surface area contributed by atoms with E-state index in [-0.39, 0.29) is 12.0 Å². The first-order valence-corrected chi connectivity index (χ1v) is 12.6. The molecule has 0 amide bonds. The van der Waals surface area contributed by atoms with Crippen LogP contribution in [0.3, 0.4) is 0 Å². The van der Waals surface area contributed by atoms with Gasteiger partial charge in [-0.1, -0.05) is 42.0 Å². The van der Waals surface area contributed by atoms with E-state index in [1.165, 1.54) is 0 Å². The summed E-state index contributed by atoms with van der Waals surface area (Å²) < 4.78 is 12.6. The number of allylic oxidation sites excluding steroid dienone is 2. The van der Waals surface area contributed by atoms with Gasteiger partial charge in [0.1, 0.15) is 6.61 Å². The Balaban J connectivity index is 1.49. The maximum atomic E-state index is 11.7. The molecule has 5 rings (SSSR count). The summed E-state index contributed by atoms with van der Waals surface area (Å²) in [5, 5.41) is 14.0. The Morgan fingerprint density at radius 2 is 1.97 bits per heavy atom. The van der Waals surface area contributed by atoms with Gasteiger partial charge in [0.05, 0.1) is 23.2 Å². The van der Waals surface area contributed by atoms with Gasteiger partial charge in [0.2, 0.25) is 0 Å². The van der Waals surface area contributed by atoms with Crippen LogP contribution in [0.2, 0.25) is 5.02 Å². The number of hydrogen-bond acceptors (Lipinski definition) is 4. The van der Waals surface area contributed by atoms with Gasteiger partial charge in [-0.3, -0.25) is 0 Å². The summed E-state index contributed by atoms with van der Waals surface area (Å²) in [6, 6.07) is 15.3. The summed E-state index contributed by atoms with van der Waals surface area (Å²) in [6.07, 6.45) is 5.40. The predicted molar refractivity (Wildman–Crippen MR) is 141 cm³/mol. The number of aromatic carboxylic acids is 1. The number of ether oxygens (including phenoxy) is 2. The van der Waals surface area contributed by atoms with Crippen LogP contribution in [0.25, 0.3) is 0 Å². The fourth-order valence-corrected chi connectivity index (χ4v) is 5.87. The Hall–Kier alpha value is -2.96. The smallest absolute Gasteiger partial charge is 0.336 e. The van der Waals surface area contributed by atoms with Crippen LogP contribution in [0.1, 0.15) is 51.0 Å². The summed E-state index contributed by atoms with van der Waals surface area (Å²) in [6.45, 7) is 2.25. The predicted octanol–water partition coefficient (Wildman–Crippen LogP) is 7.52. The molecule has 3 atom stereocenters. The molecule has 0 unspecified atom stereocenters. The maximum absolute atomic E-state index is 11.7. The lowest BCUT2D eigenvalue weighted by Crippen LogP contribution is -2.30. The highest BCUT2D eigenvalue weighted by Crippen LogP contribution is 2.52. The van der Waals surface area contributed by atoms with Crippen molar-refractivity contribution in [3.05, 3.63) is 98.0 Å². The lowest BCUT2D eigenvalue weighted by atomic mass is 9.76. The number of rotatable bonds is 6. The van der Waals surface area contributed by atoms with E-state index >= 15 is 0 Å². The van der Waals surface area contributed by atoms with Gasteiger partial charge in [0.25, 0.3) is 0 Å². The highest BCUT2D eigenvalue weighted by atomic mass is 79.9. The van der Waals surface area contributed by atoms with Crippen LogP contribution >= 0.6 is 27.5 Å². The standard InChI is InChI=1S/C28H25BrClNO4/c1-15-19(28(32)33)10-11-22-20-4-3-5-21(20)26(31-25(15)22)17-12-23(29)27(24(13-17)34-2)35-14-16-6-8-18(30)9-7-16/h3-4,6-13,20-21,26,31H,5,14H2,1-2H3,(H,32,33)/t20-,21+,26-/m0/s1. The Labute approximate surface area is 217 Å². The van der Waals surface area contributed by atoms with Crippen LogP contribution in [0.5, 0.6) is 11.5 Å². The molecule has 1 aliphatic heterocycles. The van der Waals surface area contributed by atoms with Crippen molar-refractivity contribution in [3.8, 4) is 11.5 Å². The van der Waals surface area contributed by atoms with Crippen molar-refractivity contribution in [2.45, 2.75) is 31.9 Å². The number of anilines is 1. The van der Waals surface area contributed by atoms with Gasteiger partial charge in [-0.25, -0.2) is 4.79 Å². The quantitative estimate of drug-likeness (QED) is 0.308. The Morgan fingerprint density at radius 3 is 2.69 bits per heavy atom. The minimum atomic E-state index is -0.917. The van der Waals surface area contributed by atoms with Crippen LogP contribution in [0, 0.1) is 12.8 Å². The minimum Gasteiger partial charge on any atom is -0.493 e. The highest BCUT2D eigenvalue weighted by Gasteiger charge is 2.39. The van der Waals surface area contributed by atoms with E-state index < -0.39 is 5.97 Å². The van der Waals surface area contributed by atoms with E-state index in [4.69, 9.17) is 21.1 Å². The first-order valence-electron chi connectivity index (χ1n) is 11.4. The molecule has 7 heteroatoms. The number of methoxy groups -OCH3 is 1. The molecule has 0 fully saturated rings. The second kappa shape index (κ2) is 9.59. The van der Waals surface area contributed by atoms with E-state index in [0.717, 1.165) is 38.8 Å². The average molecular weight is 555 g/mol. The van der Waals surface area contributed by atoms with Crippen molar-refractivity contribution >= 4 is 39.2 Å². The van der Waals surface area contributed by atoms with Gasteiger partial charge < -0.3 is 19.9 Å². The number of halogens is 2. The fraction of sp³-hybridized carbons (Fsp3) is 0.250. The zero-order valence-corrected chi connectivity index (χ0v) is 21.7. The Kier molecular flexibility index (Phi) is 6.51. The summed E-state index contributed by atoms with van der Waals surface area (Å²) in [4.78, 5) is 11.7. The molecule has 3 aromatic rings. The van der Waals surface area contributed by atoms with Crippen LogP contribution in [0.4, 0.5) is 5.69 Å². The molecule has 1 heterocycles. The second-order valence-corrected chi connectivity index (χ2v) is 10.2. The van der Waals surface area contributed by atoms with Gasteiger partial charge in [0.15, 0.2) is 11.5 Å². The molecule has 5 nitrogen and oxygen atoms in total. The third kappa shape index (κ3) is 4.41. The first-order chi connectivity index (χ1) is 16.9. The molecule has 180 valence electrons. The molecule has 0 radical (unpaired) electrons. The number of nitrogens with one attached hydrogen (secondary N) is 1. The summed E-state index contributed by atoms with van der Waals surface area (Å²) in [5.41, 5.74) is 5.18. The second-order valence-electron chi connectivity index (χ2n) is 8.93. The number of carbonyl (C=O) groups is 1. The average Bonchev–Trinajstić information content (AvgIpc) is 3.34. The molecule has 0 spiro atoms. The SMILES string of the molecule is COc1cc([C@@H]2Nc3c(ccc(C(=O)O)c3C)[C@H]3C=CC[C@H]32)cc(Br)c1OCc1ccc(Cl)cc1. The third-order valence-electron chi connectivity index (χ3n) is 6.94. The maximum Gasteiger partial charge on any atom is 0.336 e. The number of carboxylic acids is 1. The topological polar surface area (TPSA) is 67.8 Å². The summed E-state index contributed by atoms with van der Waals surface area (Å²) in [5.74, 6) is 0.889. The summed E-state index contributed by atoms with van der Waals surface area (Å²) >= 11 is 9.68.